The molecule has 0 spiro atoms. The molecule has 2 aromatic rings. The molecular weight excluding hydrogens is 260 g/mol. The molecular formula is C15H17ClN2O. The Morgan fingerprint density at radius 1 is 1.37 bits per heavy atom. The number of nitrogens with one attached hydrogen (secondary N) is 1. The van der Waals surface area contributed by atoms with E-state index in [0.29, 0.717) is 5.02 Å². The highest BCUT2D eigenvalue weighted by Crippen LogP contribution is 2.30. The average molecular weight is 277 g/mol. The molecule has 0 bridgehead atoms. The summed E-state index contributed by atoms with van der Waals surface area (Å²) in [6, 6.07) is 5.75. The van der Waals surface area contributed by atoms with Crippen LogP contribution in [0.4, 0.5) is 0 Å². The van der Waals surface area contributed by atoms with Gasteiger partial charge in [0, 0.05) is 30.1 Å². The Morgan fingerprint density at radius 3 is 2.84 bits per heavy atom. The Bertz CT molecular complexity index is 626. The van der Waals surface area contributed by atoms with Crippen LogP contribution in [0, 0.1) is 5.92 Å². The van der Waals surface area contributed by atoms with Crippen molar-refractivity contribution in [2.45, 2.75) is 12.8 Å². The van der Waals surface area contributed by atoms with Crippen LogP contribution in [-0.4, -0.2) is 23.4 Å². The van der Waals surface area contributed by atoms with E-state index >= 15 is 0 Å². The second kappa shape index (κ2) is 4.99. The van der Waals surface area contributed by atoms with Crippen LogP contribution in [0.3, 0.4) is 0 Å². The first-order valence-electron chi connectivity index (χ1n) is 6.67. The quantitative estimate of drug-likeness (QED) is 0.856. The van der Waals surface area contributed by atoms with E-state index in [0.717, 1.165) is 42.4 Å². The fourth-order valence-electron chi connectivity index (χ4n) is 2.92. The lowest BCUT2D eigenvalue weighted by Gasteiger charge is -2.21. The number of carbonyl (C=O) groups excluding carboxylic acids is 1. The van der Waals surface area contributed by atoms with Gasteiger partial charge in [-0.25, -0.2) is 0 Å². The molecule has 0 radical (unpaired) electrons. The van der Waals surface area contributed by atoms with Crippen molar-refractivity contribution in [3.05, 3.63) is 35.0 Å². The molecule has 1 N–H and O–H groups in total. The summed E-state index contributed by atoms with van der Waals surface area (Å²) in [5.74, 6) is 0.403. The normalized spacial score (nSPS) is 16.9. The van der Waals surface area contributed by atoms with Gasteiger partial charge in [-0.05, 0) is 32.0 Å². The molecule has 0 unspecified atom stereocenters. The van der Waals surface area contributed by atoms with Gasteiger partial charge < -0.3 is 9.88 Å². The number of nitrogens with zero attached hydrogens (tertiary/aromatic N) is 1. The smallest absolute Gasteiger partial charge is 0.168 e. The van der Waals surface area contributed by atoms with Gasteiger partial charge in [0.15, 0.2) is 5.78 Å². The third kappa shape index (κ3) is 2.17. The highest BCUT2D eigenvalue weighted by atomic mass is 35.5. The zero-order valence-electron chi connectivity index (χ0n) is 10.9. The van der Waals surface area contributed by atoms with Crippen LogP contribution >= 0.6 is 11.6 Å². The summed E-state index contributed by atoms with van der Waals surface area (Å²) in [4.78, 5) is 12.7. The lowest BCUT2D eigenvalue weighted by Crippen LogP contribution is -2.31. The number of ketones is 1. The molecule has 0 atom stereocenters. The SMILES string of the molecule is Cn1cc(C(=O)C2CCNCC2)c2cccc(Cl)c21. The minimum Gasteiger partial charge on any atom is -0.349 e. The fraction of sp³-hybridized carbons (Fsp3) is 0.400. The molecule has 1 aromatic carbocycles. The highest BCUT2D eigenvalue weighted by molar-refractivity contribution is 6.35. The summed E-state index contributed by atoms with van der Waals surface area (Å²) in [6.45, 7) is 1.86. The predicted molar refractivity (Wildman–Crippen MR) is 77.9 cm³/mol. The molecule has 2 heterocycles. The summed E-state index contributed by atoms with van der Waals surface area (Å²) in [6.07, 6.45) is 3.77. The van der Waals surface area contributed by atoms with Crippen molar-refractivity contribution in [1.29, 1.82) is 0 Å². The number of halogens is 1. The Morgan fingerprint density at radius 2 is 2.11 bits per heavy atom. The standard InChI is InChI=1S/C15H17ClN2O/c1-18-9-12(11-3-2-4-13(16)14(11)18)15(19)10-5-7-17-8-6-10/h2-4,9-10,17H,5-8H2,1H3. The number of aromatic nitrogens is 1. The summed E-state index contributed by atoms with van der Waals surface area (Å²) in [5, 5.41) is 4.96. The van der Waals surface area contributed by atoms with Gasteiger partial charge in [0.2, 0.25) is 0 Å². The second-order valence-electron chi connectivity index (χ2n) is 5.18. The molecule has 3 nitrogen and oxygen atoms in total. The van der Waals surface area contributed by atoms with Crippen LogP contribution in [0.25, 0.3) is 10.9 Å². The third-order valence-corrected chi connectivity index (χ3v) is 4.23. The van der Waals surface area contributed by atoms with Gasteiger partial charge >= 0.3 is 0 Å². The number of fused-ring (bicyclic) bond motifs is 1. The number of hydrogen-bond acceptors (Lipinski definition) is 2. The molecule has 0 saturated carbocycles. The lowest BCUT2D eigenvalue weighted by molar-refractivity contribution is 0.0896. The minimum atomic E-state index is 0.144. The molecule has 4 heteroatoms. The largest absolute Gasteiger partial charge is 0.349 e. The number of rotatable bonds is 2. The van der Waals surface area contributed by atoms with Crippen LogP contribution in [-0.2, 0) is 7.05 Å². The van der Waals surface area contributed by atoms with Crippen LogP contribution in [0.2, 0.25) is 5.02 Å². The van der Waals surface area contributed by atoms with Gasteiger partial charge in [-0.2, -0.15) is 0 Å². The van der Waals surface area contributed by atoms with E-state index in [1.807, 2.05) is 36.0 Å². The number of carbonyl (C=O) groups is 1. The van der Waals surface area contributed by atoms with Gasteiger partial charge in [0.05, 0.1) is 10.5 Å². The van der Waals surface area contributed by atoms with Crippen molar-refractivity contribution in [3.63, 3.8) is 0 Å². The zero-order valence-corrected chi connectivity index (χ0v) is 11.7. The first kappa shape index (κ1) is 12.7. The molecule has 1 aromatic heterocycles. The van der Waals surface area contributed by atoms with Crippen molar-refractivity contribution < 1.29 is 4.79 Å². The van der Waals surface area contributed by atoms with Crippen LogP contribution in [0.1, 0.15) is 23.2 Å². The first-order chi connectivity index (χ1) is 9.18. The number of para-hydroxylation sites is 1. The van der Waals surface area contributed by atoms with Gasteiger partial charge in [-0.1, -0.05) is 23.7 Å². The molecule has 1 aliphatic heterocycles. The van der Waals surface area contributed by atoms with Gasteiger partial charge in [-0.3, -0.25) is 4.79 Å². The summed E-state index contributed by atoms with van der Waals surface area (Å²) in [5.41, 5.74) is 1.76. The van der Waals surface area contributed by atoms with E-state index in [4.69, 9.17) is 11.6 Å². The summed E-state index contributed by atoms with van der Waals surface area (Å²) < 4.78 is 1.95. The van der Waals surface area contributed by atoms with Gasteiger partial charge in [0.25, 0.3) is 0 Å². The maximum absolute atomic E-state index is 12.7. The number of benzene rings is 1. The minimum absolute atomic E-state index is 0.144. The maximum atomic E-state index is 12.7. The fourth-order valence-corrected chi connectivity index (χ4v) is 3.23. The molecule has 3 rings (SSSR count). The van der Waals surface area contributed by atoms with E-state index < -0.39 is 0 Å². The molecule has 0 amide bonds. The Kier molecular flexibility index (Phi) is 3.33. The zero-order chi connectivity index (χ0) is 13.4. The van der Waals surface area contributed by atoms with Crippen LogP contribution in [0.15, 0.2) is 24.4 Å². The van der Waals surface area contributed by atoms with Crippen molar-refractivity contribution in [3.8, 4) is 0 Å². The number of hydrogen-bond donors (Lipinski definition) is 1. The van der Waals surface area contributed by atoms with E-state index in [2.05, 4.69) is 5.32 Å². The molecule has 1 saturated heterocycles. The van der Waals surface area contributed by atoms with E-state index in [9.17, 15) is 4.79 Å². The molecule has 100 valence electrons. The number of Topliss-reactive ketones (excluding diaryl/α,β-unsaturated/α-hetero) is 1. The molecule has 1 fully saturated rings. The van der Waals surface area contributed by atoms with Crippen molar-refractivity contribution in [2.75, 3.05) is 13.1 Å². The topological polar surface area (TPSA) is 34.0 Å². The monoisotopic (exact) mass is 276 g/mol. The summed E-state index contributed by atoms with van der Waals surface area (Å²) in [7, 11) is 1.94. The Balaban J connectivity index is 2.05. The Labute approximate surface area is 117 Å². The van der Waals surface area contributed by atoms with Crippen molar-refractivity contribution in [2.24, 2.45) is 13.0 Å². The van der Waals surface area contributed by atoms with Gasteiger partial charge in [0.1, 0.15) is 0 Å². The van der Waals surface area contributed by atoms with E-state index in [1.54, 1.807) is 0 Å². The lowest BCUT2D eigenvalue weighted by atomic mass is 9.89. The maximum Gasteiger partial charge on any atom is 0.168 e. The third-order valence-electron chi connectivity index (χ3n) is 3.93. The second-order valence-corrected chi connectivity index (χ2v) is 5.59. The number of aryl methyl sites for hydroxylation is 1. The summed E-state index contributed by atoms with van der Waals surface area (Å²) >= 11 is 6.22. The van der Waals surface area contributed by atoms with Crippen molar-refractivity contribution in [1.82, 2.24) is 9.88 Å². The van der Waals surface area contributed by atoms with Crippen LogP contribution in [0.5, 0.6) is 0 Å². The molecule has 0 aliphatic carbocycles. The Hall–Kier alpha value is -1.32. The van der Waals surface area contributed by atoms with Gasteiger partial charge in [-0.15, -0.1) is 0 Å². The first-order valence-corrected chi connectivity index (χ1v) is 7.05. The predicted octanol–water partition coefficient (Wildman–Crippen LogP) is 3.01. The highest BCUT2D eigenvalue weighted by Gasteiger charge is 2.25. The number of piperidine rings is 1. The average Bonchev–Trinajstić information content (AvgIpc) is 2.78. The van der Waals surface area contributed by atoms with Crippen LogP contribution < -0.4 is 5.32 Å². The molecule has 19 heavy (non-hydrogen) atoms. The van der Waals surface area contributed by atoms with Crippen molar-refractivity contribution >= 4 is 28.3 Å². The van der Waals surface area contributed by atoms with E-state index in [1.165, 1.54) is 0 Å². The molecule has 1 aliphatic rings. The van der Waals surface area contributed by atoms with E-state index in [-0.39, 0.29) is 11.7 Å².